The molecule has 29 heavy (non-hydrogen) atoms. The zero-order valence-corrected chi connectivity index (χ0v) is 19.6. The fraction of sp³-hybridized carbons (Fsp3) is 0.435. The number of nitrogens with one attached hydrogen (secondary N) is 2. The van der Waals surface area contributed by atoms with Gasteiger partial charge in [-0.1, -0.05) is 48.0 Å². The first kappa shape index (κ1) is 23.5. The third kappa shape index (κ3) is 6.89. The highest BCUT2D eigenvalue weighted by Gasteiger charge is 2.34. The van der Waals surface area contributed by atoms with Crippen LogP contribution < -0.4 is 15.4 Å². The van der Waals surface area contributed by atoms with Crippen LogP contribution in [0.1, 0.15) is 24.0 Å². The SMILES string of the molecule is CN=C(NCCOc1ccc(C)cc1)NCC1(c2ccccc2)CCOCC1.I. The van der Waals surface area contributed by atoms with Crippen molar-refractivity contribution >= 4 is 29.9 Å². The van der Waals surface area contributed by atoms with Gasteiger partial charge in [-0.15, -0.1) is 24.0 Å². The minimum atomic E-state index is 0. The van der Waals surface area contributed by atoms with Crippen molar-refractivity contribution in [3.63, 3.8) is 0 Å². The molecule has 0 atom stereocenters. The minimum Gasteiger partial charge on any atom is -0.492 e. The second-order valence-electron chi connectivity index (χ2n) is 7.27. The van der Waals surface area contributed by atoms with E-state index in [4.69, 9.17) is 9.47 Å². The molecule has 2 N–H and O–H groups in total. The summed E-state index contributed by atoms with van der Waals surface area (Å²) < 4.78 is 11.4. The minimum absolute atomic E-state index is 0. The van der Waals surface area contributed by atoms with E-state index in [9.17, 15) is 0 Å². The van der Waals surface area contributed by atoms with Gasteiger partial charge in [-0.25, -0.2) is 0 Å². The number of hydrogen-bond acceptors (Lipinski definition) is 3. The quantitative estimate of drug-likeness (QED) is 0.257. The zero-order valence-electron chi connectivity index (χ0n) is 17.3. The molecule has 0 unspecified atom stereocenters. The number of nitrogens with zero attached hydrogens (tertiary/aromatic N) is 1. The lowest BCUT2D eigenvalue weighted by Crippen LogP contribution is -2.48. The van der Waals surface area contributed by atoms with Gasteiger partial charge in [0.1, 0.15) is 12.4 Å². The van der Waals surface area contributed by atoms with E-state index < -0.39 is 0 Å². The molecule has 5 nitrogen and oxygen atoms in total. The standard InChI is InChI=1S/C23H31N3O2.HI/c1-19-8-10-21(11-9-19)28-17-14-25-22(24-2)26-18-23(12-15-27-16-13-23)20-6-4-3-5-7-20;/h3-11H,12-18H2,1-2H3,(H2,24,25,26);1H. The van der Waals surface area contributed by atoms with E-state index in [1.165, 1.54) is 11.1 Å². The van der Waals surface area contributed by atoms with Gasteiger partial charge < -0.3 is 20.1 Å². The van der Waals surface area contributed by atoms with Gasteiger partial charge in [-0.3, -0.25) is 4.99 Å². The molecule has 1 aliphatic rings. The summed E-state index contributed by atoms with van der Waals surface area (Å²) in [5.41, 5.74) is 2.68. The van der Waals surface area contributed by atoms with Crippen molar-refractivity contribution in [2.24, 2.45) is 4.99 Å². The van der Waals surface area contributed by atoms with Crippen LogP contribution in [0, 0.1) is 6.92 Å². The summed E-state index contributed by atoms with van der Waals surface area (Å²) in [7, 11) is 1.80. The van der Waals surface area contributed by atoms with Crippen LogP contribution in [-0.4, -0.2) is 45.9 Å². The topological polar surface area (TPSA) is 54.9 Å². The molecule has 0 bridgehead atoms. The normalized spacial score (nSPS) is 15.9. The third-order valence-corrected chi connectivity index (χ3v) is 5.34. The van der Waals surface area contributed by atoms with Crippen molar-refractivity contribution in [3.8, 4) is 5.75 Å². The average molecular weight is 509 g/mol. The van der Waals surface area contributed by atoms with E-state index in [0.29, 0.717) is 13.2 Å². The fourth-order valence-corrected chi connectivity index (χ4v) is 3.57. The summed E-state index contributed by atoms with van der Waals surface area (Å²) in [5, 5.41) is 6.85. The molecule has 3 rings (SSSR count). The Morgan fingerprint density at radius 2 is 1.72 bits per heavy atom. The number of aliphatic imine (C=N–C) groups is 1. The highest BCUT2D eigenvalue weighted by molar-refractivity contribution is 14.0. The molecule has 158 valence electrons. The summed E-state index contributed by atoms with van der Waals surface area (Å²) in [4.78, 5) is 4.36. The lowest BCUT2D eigenvalue weighted by Gasteiger charge is -2.38. The highest BCUT2D eigenvalue weighted by Crippen LogP contribution is 2.34. The number of halogens is 1. The number of ether oxygens (including phenoxy) is 2. The molecule has 1 heterocycles. The van der Waals surface area contributed by atoms with Crippen molar-refractivity contribution in [3.05, 3.63) is 65.7 Å². The van der Waals surface area contributed by atoms with Gasteiger partial charge in [-0.2, -0.15) is 0 Å². The van der Waals surface area contributed by atoms with Crippen LogP contribution in [0.5, 0.6) is 5.75 Å². The molecule has 6 heteroatoms. The van der Waals surface area contributed by atoms with Crippen molar-refractivity contribution in [1.29, 1.82) is 0 Å². The van der Waals surface area contributed by atoms with E-state index in [0.717, 1.165) is 44.3 Å². The predicted molar refractivity (Wildman–Crippen MR) is 130 cm³/mol. The van der Waals surface area contributed by atoms with E-state index in [1.54, 1.807) is 7.05 Å². The Morgan fingerprint density at radius 3 is 2.38 bits per heavy atom. The molecule has 1 aliphatic heterocycles. The Labute approximate surface area is 191 Å². The number of guanidine groups is 1. The molecular weight excluding hydrogens is 477 g/mol. The first-order valence-electron chi connectivity index (χ1n) is 9.99. The molecule has 1 saturated heterocycles. The Balaban J connectivity index is 0.00000300. The van der Waals surface area contributed by atoms with Crippen LogP contribution in [0.2, 0.25) is 0 Å². The fourth-order valence-electron chi connectivity index (χ4n) is 3.57. The maximum atomic E-state index is 5.78. The van der Waals surface area contributed by atoms with Gasteiger partial charge in [0.2, 0.25) is 0 Å². The lowest BCUT2D eigenvalue weighted by atomic mass is 9.74. The second kappa shape index (κ2) is 12.0. The maximum absolute atomic E-state index is 5.78. The summed E-state index contributed by atoms with van der Waals surface area (Å²) in [5.74, 6) is 1.69. The molecule has 0 aromatic heterocycles. The summed E-state index contributed by atoms with van der Waals surface area (Å²) >= 11 is 0. The summed E-state index contributed by atoms with van der Waals surface area (Å²) in [6.45, 7) is 5.77. The maximum Gasteiger partial charge on any atom is 0.191 e. The molecule has 2 aromatic carbocycles. The van der Waals surface area contributed by atoms with Crippen LogP contribution in [-0.2, 0) is 10.2 Å². The van der Waals surface area contributed by atoms with E-state index in [1.807, 2.05) is 12.1 Å². The first-order valence-corrected chi connectivity index (χ1v) is 9.99. The highest BCUT2D eigenvalue weighted by atomic mass is 127. The van der Waals surface area contributed by atoms with Crippen LogP contribution >= 0.6 is 24.0 Å². The van der Waals surface area contributed by atoms with Crippen molar-refractivity contribution in [2.45, 2.75) is 25.2 Å². The molecule has 0 aliphatic carbocycles. The number of rotatable bonds is 7. The van der Waals surface area contributed by atoms with Gasteiger partial charge in [0.25, 0.3) is 0 Å². The molecular formula is C23H32IN3O2. The monoisotopic (exact) mass is 509 g/mol. The Hall–Kier alpha value is -1.80. The Bertz CT molecular complexity index is 744. The van der Waals surface area contributed by atoms with Gasteiger partial charge in [0, 0.05) is 32.2 Å². The van der Waals surface area contributed by atoms with Crippen LogP contribution in [0.4, 0.5) is 0 Å². The number of benzene rings is 2. The van der Waals surface area contributed by atoms with E-state index in [-0.39, 0.29) is 29.4 Å². The van der Waals surface area contributed by atoms with Crippen molar-refractivity contribution in [2.75, 3.05) is 40.0 Å². The van der Waals surface area contributed by atoms with Gasteiger partial charge in [-0.05, 0) is 37.5 Å². The first-order chi connectivity index (χ1) is 13.7. The lowest BCUT2D eigenvalue weighted by molar-refractivity contribution is 0.0514. The van der Waals surface area contributed by atoms with Crippen LogP contribution in [0.25, 0.3) is 0 Å². The largest absolute Gasteiger partial charge is 0.492 e. The van der Waals surface area contributed by atoms with Gasteiger partial charge in [0.15, 0.2) is 5.96 Å². The van der Waals surface area contributed by atoms with Crippen LogP contribution in [0.15, 0.2) is 59.6 Å². The number of aryl methyl sites for hydroxylation is 1. The molecule has 0 amide bonds. The Kier molecular flexibility index (Phi) is 9.73. The van der Waals surface area contributed by atoms with Gasteiger partial charge >= 0.3 is 0 Å². The molecule has 0 radical (unpaired) electrons. The molecule has 2 aromatic rings. The second-order valence-corrected chi connectivity index (χ2v) is 7.27. The smallest absolute Gasteiger partial charge is 0.191 e. The van der Waals surface area contributed by atoms with E-state index in [2.05, 4.69) is 65.0 Å². The summed E-state index contributed by atoms with van der Waals surface area (Å²) in [6, 6.07) is 18.8. The van der Waals surface area contributed by atoms with Crippen molar-refractivity contribution in [1.82, 2.24) is 10.6 Å². The summed E-state index contributed by atoms with van der Waals surface area (Å²) in [6.07, 6.45) is 2.02. The molecule has 1 fully saturated rings. The molecule has 0 saturated carbocycles. The predicted octanol–water partition coefficient (Wildman–Crippen LogP) is 3.91. The molecule has 0 spiro atoms. The van der Waals surface area contributed by atoms with Crippen LogP contribution in [0.3, 0.4) is 0 Å². The van der Waals surface area contributed by atoms with Crippen molar-refractivity contribution < 1.29 is 9.47 Å². The van der Waals surface area contributed by atoms with Gasteiger partial charge in [0.05, 0.1) is 6.54 Å². The average Bonchev–Trinajstić information content (AvgIpc) is 2.76. The third-order valence-electron chi connectivity index (χ3n) is 5.34. The zero-order chi connectivity index (χ0) is 19.7. The van der Waals surface area contributed by atoms with E-state index >= 15 is 0 Å². The Morgan fingerprint density at radius 1 is 1.03 bits per heavy atom. The number of hydrogen-bond donors (Lipinski definition) is 2.